The summed E-state index contributed by atoms with van der Waals surface area (Å²) < 4.78 is 1.28. The van der Waals surface area contributed by atoms with E-state index in [2.05, 4.69) is 37.0 Å². The van der Waals surface area contributed by atoms with Gasteiger partial charge < -0.3 is 5.73 Å². The standard InChI is InChI=1S/C14H20N2S/c1-10(2)9-11(15)7-8-14-16-12-5-3-4-6-13(12)17-14/h3-6,10-11H,7-9,15H2,1-2H3. The third-order valence-corrected chi connectivity index (χ3v) is 3.94. The predicted molar refractivity (Wildman–Crippen MR) is 75.4 cm³/mol. The van der Waals surface area contributed by atoms with Crippen LogP contribution in [0.15, 0.2) is 24.3 Å². The highest BCUT2D eigenvalue weighted by atomic mass is 32.1. The fraction of sp³-hybridized carbons (Fsp3) is 0.500. The molecule has 2 rings (SSSR count). The molecule has 1 heterocycles. The van der Waals surface area contributed by atoms with Crippen LogP contribution in [0.25, 0.3) is 10.2 Å². The zero-order valence-electron chi connectivity index (χ0n) is 10.5. The minimum atomic E-state index is 0.307. The molecule has 0 spiro atoms. The molecule has 17 heavy (non-hydrogen) atoms. The number of aromatic nitrogens is 1. The Bertz CT molecular complexity index is 443. The Labute approximate surface area is 107 Å². The maximum atomic E-state index is 6.09. The van der Waals surface area contributed by atoms with Gasteiger partial charge in [-0.05, 0) is 30.9 Å². The number of fused-ring (bicyclic) bond motifs is 1. The number of benzene rings is 1. The lowest BCUT2D eigenvalue weighted by molar-refractivity contribution is 0.473. The lowest BCUT2D eigenvalue weighted by atomic mass is 10.0. The van der Waals surface area contributed by atoms with E-state index >= 15 is 0 Å². The quantitative estimate of drug-likeness (QED) is 0.878. The van der Waals surface area contributed by atoms with Crippen molar-refractivity contribution in [1.29, 1.82) is 0 Å². The molecule has 2 nitrogen and oxygen atoms in total. The zero-order valence-corrected chi connectivity index (χ0v) is 11.3. The molecule has 0 aliphatic carbocycles. The largest absolute Gasteiger partial charge is 0.328 e. The third kappa shape index (κ3) is 3.51. The zero-order chi connectivity index (χ0) is 12.3. The molecular weight excluding hydrogens is 228 g/mol. The monoisotopic (exact) mass is 248 g/mol. The van der Waals surface area contributed by atoms with Crippen LogP contribution in [-0.4, -0.2) is 11.0 Å². The molecule has 3 heteroatoms. The van der Waals surface area contributed by atoms with E-state index in [0.717, 1.165) is 24.8 Å². The first-order valence-corrected chi connectivity index (χ1v) is 7.07. The Morgan fingerprint density at radius 3 is 2.76 bits per heavy atom. The summed E-state index contributed by atoms with van der Waals surface area (Å²) in [4.78, 5) is 4.63. The van der Waals surface area contributed by atoms with Gasteiger partial charge in [0.25, 0.3) is 0 Å². The van der Waals surface area contributed by atoms with Crippen molar-refractivity contribution in [3.63, 3.8) is 0 Å². The first-order chi connectivity index (χ1) is 8.15. The van der Waals surface area contributed by atoms with Gasteiger partial charge in [0.15, 0.2) is 0 Å². The Balaban J connectivity index is 1.95. The van der Waals surface area contributed by atoms with Gasteiger partial charge in [0.1, 0.15) is 0 Å². The van der Waals surface area contributed by atoms with Crippen LogP contribution in [0.1, 0.15) is 31.7 Å². The fourth-order valence-corrected chi connectivity index (χ4v) is 3.04. The van der Waals surface area contributed by atoms with Crippen molar-refractivity contribution >= 4 is 21.6 Å². The first-order valence-electron chi connectivity index (χ1n) is 6.25. The van der Waals surface area contributed by atoms with E-state index in [9.17, 15) is 0 Å². The molecule has 0 fully saturated rings. The first kappa shape index (κ1) is 12.5. The van der Waals surface area contributed by atoms with E-state index in [1.165, 1.54) is 9.71 Å². The summed E-state index contributed by atoms with van der Waals surface area (Å²) in [7, 11) is 0. The predicted octanol–water partition coefficient (Wildman–Crippen LogP) is 3.60. The minimum Gasteiger partial charge on any atom is -0.328 e. The highest BCUT2D eigenvalue weighted by molar-refractivity contribution is 7.18. The van der Waals surface area contributed by atoms with Gasteiger partial charge in [-0.3, -0.25) is 0 Å². The SMILES string of the molecule is CC(C)CC(N)CCc1nc2ccccc2s1. The number of nitrogens with zero attached hydrogens (tertiary/aromatic N) is 1. The third-order valence-electron chi connectivity index (χ3n) is 2.84. The molecule has 1 aromatic carbocycles. The maximum absolute atomic E-state index is 6.09. The normalized spacial score (nSPS) is 13.4. The number of para-hydroxylation sites is 1. The van der Waals surface area contributed by atoms with Crippen LogP contribution in [0, 0.1) is 5.92 Å². The molecule has 0 amide bonds. The molecule has 1 atom stereocenters. The highest BCUT2D eigenvalue weighted by Gasteiger charge is 2.08. The second kappa shape index (κ2) is 5.61. The van der Waals surface area contributed by atoms with E-state index in [1.807, 2.05) is 6.07 Å². The second-order valence-electron chi connectivity index (χ2n) is 5.00. The molecule has 0 aliphatic heterocycles. The van der Waals surface area contributed by atoms with E-state index in [-0.39, 0.29) is 0 Å². The number of nitrogens with two attached hydrogens (primary N) is 1. The Hall–Kier alpha value is -0.930. The van der Waals surface area contributed by atoms with Gasteiger partial charge in [0.05, 0.1) is 15.2 Å². The Morgan fingerprint density at radius 2 is 2.06 bits per heavy atom. The molecule has 2 N–H and O–H groups in total. The van der Waals surface area contributed by atoms with Crippen LogP contribution in [0.3, 0.4) is 0 Å². The smallest absolute Gasteiger partial charge is 0.0939 e. The van der Waals surface area contributed by atoms with E-state index in [0.29, 0.717) is 12.0 Å². The van der Waals surface area contributed by atoms with E-state index in [1.54, 1.807) is 11.3 Å². The van der Waals surface area contributed by atoms with Crippen molar-refractivity contribution in [1.82, 2.24) is 4.98 Å². The summed E-state index contributed by atoms with van der Waals surface area (Å²) in [5, 5.41) is 1.21. The molecule has 1 aromatic heterocycles. The highest BCUT2D eigenvalue weighted by Crippen LogP contribution is 2.23. The molecule has 0 saturated heterocycles. The van der Waals surface area contributed by atoms with Crippen LogP contribution in [-0.2, 0) is 6.42 Å². The maximum Gasteiger partial charge on any atom is 0.0939 e. The van der Waals surface area contributed by atoms with Gasteiger partial charge in [-0.25, -0.2) is 4.98 Å². The Morgan fingerprint density at radius 1 is 1.29 bits per heavy atom. The number of hydrogen-bond acceptors (Lipinski definition) is 3. The van der Waals surface area contributed by atoms with Gasteiger partial charge in [0.2, 0.25) is 0 Å². The van der Waals surface area contributed by atoms with Gasteiger partial charge >= 0.3 is 0 Å². The lowest BCUT2D eigenvalue weighted by Crippen LogP contribution is -2.22. The average molecular weight is 248 g/mol. The van der Waals surface area contributed by atoms with E-state index < -0.39 is 0 Å². The molecule has 0 bridgehead atoms. The van der Waals surface area contributed by atoms with Crippen molar-refractivity contribution in [3.8, 4) is 0 Å². The van der Waals surface area contributed by atoms with Crippen LogP contribution in [0.4, 0.5) is 0 Å². The molecule has 92 valence electrons. The summed E-state index contributed by atoms with van der Waals surface area (Å²) in [6.07, 6.45) is 3.15. The average Bonchev–Trinajstić information content (AvgIpc) is 2.68. The van der Waals surface area contributed by atoms with E-state index in [4.69, 9.17) is 5.73 Å². The van der Waals surface area contributed by atoms with Crippen LogP contribution >= 0.6 is 11.3 Å². The molecule has 0 radical (unpaired) electrons. The van der Waals surface area contributed by atoms with Crippen LogP contribution < -0.4 is 5.73 Å². The minimum absolute atomic E-state index is 0.307. The molecule has 0 aliphatic rings. The number of rotatable bonds is 5. The van der Waals surface area contributed by atoms with Gasteiger partial charge in [-0.2, -0.15) is 0 Å². The second-order valence-corrected chi connectivity index (χ2v) is 6.12. The fourth-order valence-electron chi connectivity index (χ4n) is 2.06. The van der Waals surface area contributed by atoms with Crippen LogP contribution in [0.2, 0.25) is 0 Å². The van der Waals surface area contributed by atoms with Crippen molar-refractivity contribution in [2.75, 3.05) is 0 Å². The van der Waals surface area contributed by atoms with Crippen molar-refractivity contribution in [2.45, 2.75) is 39.2 Å². The summed E-state index contributed by atoms with van der Waals surface area (Å²) in [5.41, 5.74) is 7.21. The van der Waals surface area contributed by atoms with Crippen molar-refractivity contribution in [2.24, 2.45) is 11.7 Å². The van der Waals surface area contributed by atoms with Gasteiger partial charge in [0, 0.05) is 12.5 Å². The number of hydrogen-bond donors (Lipinski definition) is 1. The van der Waals surface area contributed by atoms with Crippen LogP contribution in [0.5, 0.6) is 0 Å². The summed E-state index contributed by atoms with van der Waals surface area (Å²) in [6.45, 7) is 4.44. The molecular formula is C14H20N2S. The summed E-state index contributed by atoms with van der Waals surface area (Å²) in [6, 6.07) is 8.61. The number of thiazole rings is 1. The summed E-state index contributed by atoms with van der Waals surface area (Å²) >= 11 is 1.79. The topological polar surface area (TPSA) is 38.9 Å². The molecule has 0 saturated carbocycles. The molecule has 1 unspecified atom stereocenters. The lowest BCUT2D eigenvalue weighted by Gasteiger charge is -2.12. The molecule has 2 aromatic rings. The van der Waals surface area contributed by atoms with Gasteiger partial charge in [-0.15, -0.1) is 11.3 Å². The van der Waals surface area contributed by atoms with Crippen molar-refractivity contribution in [3.05, 3.63) is 29.3 Å². The Kier molecular flexibility index (Phi) is 4.13. The van der Waals surface area contributed by atoms with Gasteiger partial charge in [-0.1, -0.05) is 26.0 Å². The summed E-state index contributed by atoms with van der Waals surface area (Å²) in [5.74, 6) is 0.681. The van der Waals surface area contributed by atoms with Crippen molar-refractivity contribution < 1.29 is 0 Å². The number of aryl methyl sites for hydroxylation is 1.